The highest BCUT2D eigenvalue weighted by atomic mass is 32.7. The molecule has 6 rings (SSSR count). The van der Waals surface area contributed by atoms with E-state index in [0.29, 0.717) is 23.1 Å². The Labute approximate surface area is 249 Å². The van der Waals surface area contributed by atoms with Crippen LogP contribution < -0.4 is 11.5 Å². The van der Waals surface area contributed by atoms with Crippen LogP contribution in [0.5, 0.6) is 0 Å². The number of hydrogen-bond acceptors (Lipinski definition) is 14. The average molecular weight is 660 g/mol. The summed E-state index contributed by atoms with van der Waals surface area (Å²) in [6, 6.07) is 2.70. The van der Waals surface area contributed by atoms with Crippen molar-refractivity contribution in [3.63, 3.8) is 0 Å². The minimum atomic E-state index is -4.07. The number of nitrogen functional groups attached to an aromatic ring is 1. The molecule has 9 atom stereocenters. The molecular formula is C22H27N7O9P2S2. The highest BCUT2D eigenvalue weighted by molar-refractivity contribution is 8.44. The van der Waals surface area contributed by atoms with E-state index in [1.54, 1.807) is 6.33 Å². The van der Waals surface area contributed by atoms with Gasteiger partial charge < -0.3 is 44.3 Å². The van der Waals surface area contributed by atoms with Gasteiger partial charge >= 0.3 is 13.5 Å². The smallest absolute Gasteiger partial charge is 0.386 e. The van der Waals surface area contributed by atoms with E-state index in [2.05, 4.69) is 32.2 Å². The summed E-state index contributed by atoms with van der Waals surface area (Å²) in [7, 11) is 0. The number of hydrogen-bond donors (Lipinski definition) is 5. The van der Waals surface area contributed by atoms with Crippen molar-refractivity contribution >= 4 is 60.5 Å². The average Bonchev–Trinajstić information content (AvgIpc) is 3.48. The van der Waals surface area contributed by atoms with Crippen LogP contribution in [-0.2, 0) is 39.2 Å². The maximum Gasteiger partial charge on any atom is 0.386 e. The lowest BCUT2D eigenvalue weighted by molar-refractivity contribution is -0.0268. The maximum atomic E-state index is 13.4. The first-order valence-corrected chi connectivity index (χ1v) is 18.0. The molecule has 2 saturated heterocycles. The van der Waals surface area contributed by atoms with Crippen molar-refractivity contribution in [1.82, 2.24) is 24.5 Å². The third-order valence-corrected chi connectivity index (χ3v) is 10.8. The fourth-order valence-electron chi connectivity index (χ4n) is 5.43. The molecule has 6 N–H and O–H groups in total. The molecule has 3 fully saturated rings. The Balaban J connectivity index is 1.27. The molecule has 16 nitrogen and oxygen atoms in total. The second-order valence-corrected chi connectivity index (χ2v) is 15.8. The minimum Gasteiger partial charge on any atom is -0.387 e. The molecule has 3 unspecified atom stereocenters. The van der Waals surface area contributed by atoms with Gasteiger partial charge in [-0.25, -0.2) is 19.5 Å². The van der Waals surface area contributed by atoms with Gasteiger partial charge in [0.2, 0.25) is 0 Å². The van der Waals surface area contributed by atoms with Gasteiger partial charge in [-0.1, -0.05) is 12.2 Å². The molecule has 0 spiro atoms. The Morgan fingerprint density at radius 3 is 2.74 bits per heavy atom. The van der Waals surface area contributed by atoms with E-state index in [-0.39, 0.29) is 49.2 Å². The fraction of sp³-hybridized carbons (Fsp3) is 0.500. The highest BCUT2D eigenvalue weighted by Gasteiger charge is 2.50. The molecule has 3 aromatic heterocycles. The summed E-state index contributed by atoms with van der Waals surface area (Å²) in [5, 5.41) is 11.1. The lowest BCUT2D eigenvalue weighted by Crippen LogP contribution is -2.43. The van der Waals surface area contributed by atoms with Crippen LogP contribution in [0.4, 0.5) is 5.82 Å². The standard InChI is InChI=1S/C22H27N7O9P2S2/c23-20-16-22(27-8-26-20)29(9-28-16)14-4-11-5-34-40(33,42)38-19-17(30)15(7-36-39(32,41)35-6-12(11)14)37-18(19)10-1-2-25-13(3-10)21(24)31/h1-3,8-9,11-12,14-15,17-19,30H,4-7H2,(H2,24,31)(H,32,41)(H,33,42)(H2,23,26,27)/t11-,12-,14-,15-,17-,18?,19-,39?,40?/m1/s1. The quantitative estimate of drug-likeness (QED) is 0.197. The lowest BCUT2D eigenvalue weighted by atomic mass is 9.70. The second-order valence-electron chi connectivity index (χ2n) is 10.1. The van der Waals surface area contributed by atoms with Gasteiger partial charge in [0.05, 0.1) is 26.1 Å². The molecule has 3 aromatic rings. The first-order valence-electron chi connectivity index (χ1n) is 12.7. The molecule has 1 saturated carbocycles. The largest absolute Gasteiger partial charge is 0.387 e. The number of thiol groups is 1. The van der Waals surface area contributed by atoms with Crippen LogP contribution in [0.1, 0.15) is 34.6 Å². The summed E-state index contributed by atoms with van der Waals surface area (Å²) in [6.45, 7) is -8.33. The molecular weight excluding hydrogens is 632 g/mol. The van der Waals surface area contributed by atoms with Crippen molar-refractivity contribution in [2.45, 2.75) is 36.9 Å². The number of carbonyl (C=O) groups is 1. The van der Waals surface area contributed by atoms with Crippen molar-refractivity contribution in [2.24, 2.45) is 17.6 Å². The summed E-state index contributed by atoms with van der Waals surface area (Å²) in [5.41, 5.74) is 12.6. The van der Waals surface area contributed by atoms with Gasteiger partial charge in [-0.2, -0.15) is 0 Å². The van der Waals surface area contributed by atoms with E-state index >= 15 is 0 Å². The summed E-state index contributed by atoms with van der Waals surface area (Å²) < 4.78 is 43.9. The Morgan fingerprint density at radius 2 is 1.95 bits per heavy atom. The molecule has 0 aromatic carbocycles. The molecule has 1 amide bonds. The van der Waals surface area contributed by atoms with E-state index in [1.165, 1.54) is 24.7 Å². The third-order valence-electron chi connectivity index (χ3n) is 7.63. The number of pyridine rings is 1. The maximum absolute atomic E-state index is 13.4. The second kappa shape index (κ2) is 11.4. The van der Waals surface area contributed by atoms with Gasteiger partial charge in [-0.15, -0.1) is 0 Å². The Morgan fingerprint density at radius 1 is 1.17 bits per heavy atom. The predicted molar refractivity (Wildman–Crippen MR) is 153 cm³/mol. The summed E-state index contributed by atoms with van der Waals surface area (Å²) in [4.78, 5) is 39.0. The van der Waals surface area contributed by atoms with Crippen LogP contribution in [0.2, 0.25) is 0 Å². The number of rotatable bonds is 3. The number of aromatic nitrogens is 5. The van der Waals surface area contributed by atoms with E-state index < -0.39 is 43.8 Å². The van der Waals surface area contributed by atoms with Crippen molar-refractivity contribution in [1.29, 1.82) is 0 Å². The van der Waals surface area contributed by atoms with Gasteiger partial charge in [0.1, 0.15) is 42.0 Å². The molecule has 5 heterocycles. The number of nitrogens with two attached hydrogens (primary N) is 2. The number of aliphatic hydroxyl groups is 1. The van der Waals surface area contributed by atoms with Gasteiger partial charge in [0.15, 0.2) is 11.5 Å². The number of nitrogens with zero attached hydrogens (tertiary/aromatic N) is 5. The van der Waals surface area contributed by atoms with Gasteiger partial charge in [-0.3, -0.25) is 14.3 Å². The zero-order valence-corrected chi connectivity index (χ0v) is 25.1. The van der Waals surface area contributed by atoms with Crippen LogP contribution in [0, 0.1) is 11.8 Å². The minimum absolute atomic E-state index is 0.0311. The summed E-state index contributed by atoms with van der Waals surface area (Å²) in [5.74, 6) is -1.05. The molecule has 20 heteroatoms. The Bertz CT molecular complexity index is 1620. The first kappa shape index (κ1) is 30.0. The molecule has 2 aliphatic heterocycles. The molecule has 3 aliphatic rings. The van der Waals surface area contributed by atoms with Gasteiger partial charge in [-0.05, 0) is 41.8 Å². The van der Waals surface area contributed by atoms with E-state index in [4.69, 9.17) is 46.1 Å². The molecule has 226 valence electrons. The Kier molecular flexibility index (Phi) is 8.17. The molecule has 0 radical (unpaired) electrons. The van der Waals surface area contributed by atoms with Crippen LogP contribution in [0.25, 0.3) is 11.2 Å². The van der Waals surface area contributed by atoms with Crippen molar-refractivity contribution < 1.29 is 42.2 Å². The van der Waals surface area contributed by atoms with E-state index in [0.717, 1.165) is 0 Å². The van der Waals surface area contributed by atoms with E-state index in [1.807, 2.05) is 4.57 Å². The fourth-order valence-corrected chi connectivity index (χ4v) is 8.07. The van der Waals surface area contributed by atoms with Gasteiger partial charge in [0, 0.05) is 18.2 Å². The Hall–Kier alpha value is -2.08. The van der Waals surface area contributed by atoms with Crippen LogP contribution in [0.3, 0.4) is 0 Å². The van der Waals surface area contributed by atoms with Crippen LogP contribution in [0.15, 0.2) is 31.0 Å². The zero-order valence-electron chi connectivity index (χ0n) is 21.6. The number of imidazole rings is 1. The summed E-state index contributed by atoms with van der Waals surface area (Å²) >= 11 is 9.41. The van der Waals surface area contributed by atoms with Crippen LogP contribution >= 0.6 is 25.8 Å². The van der Waals surface area contributed by atoms with Crippen molar-refractivity contribution in [3.05, 3.63) is 42.2 Å². The number of anilines is 1. The SMILES string of the molecule is NC(=O)c1cc(C2O[C@@H]3COP(O)(=S)OC[C@@H]4[C@@H](COP(=O)(S)O[C@@H]2[C@@H]3O)C[C@H]4n2cnc3c(N)ncnc32)ccn1. The number of aliphatic hydroxyl groups excluding tert-OH is 1. The van der Waals surface area contributed by atoms with Crippen LogP contribution in [-0.4, -0.2) is 78.5 Å². The third kappa shape index (κ3) is 5.86. The topological polar surface area (TPSA) is 229 Å². The number of carbonyl (C=O) groups excluding carboxylic acids is 1. The molecule has 42 heavy (non-hydrogen) atoms. The zero-order chi connectivity index (χ0) is 29.8. The van der Waals surface area contributed by atoms with Crippen molar-refractivity contribution in [3.8, 4) is 0 Å². The normalized spacial score (nSPS) is 37.5. The van der Waals surface area contributed by atoms with E-state index in [9.17, 15) is 19.4 Å². The monoisotopic (exact) mass is 659 g/mol. The molecule has 2 bridgehead atoms. The number of ether oxygens (including phenoxy) is 1. The highest BCUT2D eigenvalue weighted by Crippen LogP contribution is 2.59. The van der Waals surface area contributed by atoms with Gasteiger partial charge in [0.25, 0.3) is 5.91 Å². The summed E-state index contributed by atoms with van der Waals surface area (Å²) in [6.07, 6.45) is -0.00124. The van der Waals surface area contributed by atoms with Crippen molar-refractivity contribution in [2.75, 3.05) is 25.6 Å². The lowest BCUT2D eigenvalue weighted by Gasteiger charge is -2.45. The predicted octanol–water partition coefficient (Wildman–Crippen LogP) is 1.28. The number of primary amides is 1. The number of amides is 1. The number of fused-ring (bicyclic) bond motifs is 4. The first-order chi connectivity index (χ1) is 19.9. The molecule has 1 aliphatic carbocycles.